The Hall–Kier alpha value is -2.51. The molecule has 0 bridgehead atoms. The lowest BCUT2D eigenvalue weighted by Crippen LogP contribution is -2.41. The molecule has 1 saturated heterocycles. The monoisotopic (exact) mass is 380 g/mol. The summed E-state index contributed by atoms with van der Waals surface area (Å²) in [5, 5.41) is 10.1. The summed E-state index contributed by atoms with van der Waals surface area (Å²) in [7, 11) is 0. The van der Waals surface area contributed by atoms with Gasteiger partial charge >= 0.3 is 0 Å². The van der Waals surface area contributed by atoms with Crippen LogP contribution in [0.2, 0.25) is 5.02 Å². The molecular weight excluding hydrogens is 360 g/mol. The van der Waals surface area contributed by atoms with Crippen LogP contribution >= 0.6 is 11.6 Å². The van der Waals surface area contributed by atoms with E-state index in [0.29, 0.717) is 23.7 Å². The first-order valence-electron chi connectivity index (χ1n) is 9.33. The summed E-state index contributed by atoms with van der Waals surface area (Å²) in [6.07, 6.45) is 3.48. The molecule has 1 aliphatic heterocycles. The predicted molar refractivity (Wildman–Crippen MR) is 104 cm³/mol. The maximum absolute atomic E-state index is 12.9. The van der Waals surface area contributed by atoms with Crippen molar-refractivity contribution >= 4 is 17.5 Å². The minimum absolute atomic E-state index is 0.0375. The molecule has 1 amide bonds. The number of amides is 1. The lowest BCUT2D eigenvalue weighted by molar-refractivity contribution is 0.0595. The second-order valence-electron chi connectivity index (χ2n) is 7.34. The lowest BCUT2D eigenvalue weighted by Gasteiger charge is -2.32. The zero-order valence-electron chi connectivity index (χ0n) is 15.0. The van der Waals surface area contributed by atoms with E-state index in [1.807, 2.05) is 53.4 Å². The highest BCUT2D eigenvalue weighted by Crippen LogP contribution is 2.47. The van der Waals surface area contributed by atoms with E-state index in [2.05, 4.69) is 6.07 Å². The van der Waals surface area contributed by atoms with Crippen LogP contribution in [-0.4, -0.2) is 30.0 Å². The number of benzene rings is 2. The van der Waals surface area contributed by atoms with E-state index in [1.54, 1.807) is 0 Å². The maximum Gasteiger partial charge on any atom is 0.253 e. The van der Waals surface area contributed by atoms with E-state index in [4.69, 9.17) is 16.3 Å². The predicted octanol–water partition coefficient (Wildman–Crippen LogP) is 4.58. The number of nitriles is 1. The Balaban J connectivity index is 1.37. The number of rotatable bonds is 4. The number of hydrogen-bond donors (Lipinski definition) is 0. The van der Waals surface area contributed by atoms with Gasteiger partial charge in [0.15, 0.2) is 0 Å². The quantitative estimate of drug-likeness (QED) is 0.780. The molecule has 0 N–H and O–H groups in total. The summed E-state index contributed by atoms with van der Waals surface area (Å²) < 4.78 is 6.00. The van der Waals surface area contributed by atoms with Crippen molar-refractivity contribution in [2.45, 2.75) is 37.2 Å². The highest BCUT2D eigenvalue weighted by molar-refractivity contribution is 6.30. The summed E-state index contributed by atoms with van der Waals surface area (Å²) in [6.45, 7) is 1.34. The Morgan fingerprint density at radius 1 is 1.15 bits per heavy atom. The summed E-state index contributed by atoms with van der Waals surface area (Å²) in [6, 6.07) is 17.4. The maximum atomic E-state index is 12.9. The standard InChI is InChI=1S/C22H21ClN2O2/c23-18-4-6-19(7-5-18)27-20-8-12-25(13-9-20)21(26)16-2-1-3-17(14-16)22(15-24)10-11-22/h1-7,14,20H,8-13H2. The van der Waals surface area contributed by atoms with Gasteiger partial charge in [-0.1, -0.05) is 23.7 Å². The van der Waals surface area contributed by atoms with Crippen LogP contribution in [0.3, 0.4) is 0 Å². The molecule has 5 heteroatoms. The Morgan fingerprint density at radius 2 is 1.85 bits per heavy atom. The van der Waals surface area contributed by atoms with Gasteiger partial charge in [-0.3, -0.25) is 4.79 Å². The summed E-state index contributed by atoms with van der Waals surface area (Å²) in [5.41, 5.74) is 1.28. The Kier molecular flexibility index (Phi) is 4.80. The van der Waals surface area contributed by atoms with Crippen molar-refractivity contribution in [2.75, 3.05) is 13.1 Å². The number of hydrogen-bond acceptors (Lipinski definition) is 3. The molecule has 1 aliphatic carbocycles. The van der Waals surface area contributed by atoms with Gasteiger partial charge in [0, 0.05) is 36.5 Å². The molecule has 4 nitrogen and oxygen atoms in total. The third-order valence-electron chi connectivity index (χ3n) is 5.47. The molecular formula is C22H21ClN2O2. The van der Waals surface area contributed by atoms with Crippen molar-refractivity contribution in [3.8, 4) is 11.8 Å². The number of likely N-dealkylation sites (tertiary alicyclic amines) is 1. The van der Waals surface area contributed by atoms with E-state index >= 15 is 0 Å². The van der Waals surface area contributed by atoms with E-state index in [1.165, 1.54) is 0 Å². The minimum Gasteiger partial charge on any atom is -0.490 e. The zero-order chi connectivity index (χ0) is 18.9. The van der Waals surface area contributed by atoms with Gasteiger partial charge in [-0.05, 0) is 54.8 Å². The number of halogens is 1. The van der Waals surface area contributed by atoms with Crippen LogP contribution in [0.25, 0.3) is 0 Å². The fourth-order valence-electron chi connectivity index (χ4n) is 3.60. The van der Waals surface area contributed by atoms with E-state index < -0.39 is 0 Å². The van der Waals surface area contributed by atoms with Crippen LogP contribution in [0, 0.1) is 11.3 Å². The topological polar surface area (TPSA) is 53.3 Å². The number of nitrogens with zero attached hydrogens (tertiary/aromatic N) is 2. The molecule has 1 saturated carbocycles. The molecule has 0 unspecified atom stereocenters. The number of carbonyl (C=O) groups excluding carboxylic acids is 1. The Morgan fingerprint density at radius 3 is 2.48 bits per heavy atom. The van der Waals surface area contributed by atoms with Gasteiger partial charge < -0.3 is 9.64 Å². The van der Waals surface area contributed by atoms with Gasteiger partial charge in [0.2, 0.25) is 0 Å². The summed E-state index contributed by atoms with van der Waals surface area (Å²) in [4.78, 5) is 14.8. The fourth-order valence-corrected chi connectivity index (χ4v) is 3.73. The number of ether oxygens (including phenoxy) is 1. The molecule has 0 atom stereocenters. The van der Waals surface area contributed by atoms with Crippen molar-refractivity contribution in [1.82, 2.24) is 4.90 Å². The molecule has 138 valence electrons. The summed E-state index contributed by atoms with van der Waals surface area (Å²) >= 11 is 5.90. The Labute approximate surface area is 164 Å². The van der Waals surface area contributed by atoms with Gasteiger partial charge in [-0.2, -0.15) is 5.26 Å². The van der Waals surface area contributed by atoms with Crippen LogP contribution in [0.1, 0.15) is 41.6 Å². The molecule has 2 aromatic rings. The van der Waals surface area contributed by atoms with E-state index in [9.17, 15) is 10.1 Å². The van der Waals surface area contributed by atoms with Gasteiger partial charge in [0.25, 0.3) is 5.91 Å². The molecule has 4 rings (SSSR count). The lowest BCUT2D eigenvalue weighted by atomic mass is 9.95. The smallest absolute Gasteiger partial charge is 0.253 e. The van der Waals surface area contributed by atoms with E-state index in [-0.39, 0.29) is 17.4 Å². The molecule has 0 spiro atoms. The summed E-state index contributed by atoms with van der Waals surface area (Å²) in [5.74, 6) is 0.846. The van der Waals surface area contributed by atoms with Crippen LogP contribution in [0.4, 0.5) is 0 Å². The number of carbonyl (C=O) groups is 1. The van der Waals surface area contributed by atoms with Crippen LogP contribution in [0.15, 0.2) is 48.5 Å². The zero-order valence-corrected chi connectivity index (χ0v) is 15.8. The molecule has 2 fully saturated rings. The minimum atomic E-state index is -0.365. The molecule has 27 heavy (non-hydrogen) atoms. The van der Waals surface area contributed by atoms with Crippen molar-refractivity contribution in [3.63, 3.8) is 0 Å². The van der Waals surface area contributed by atoms with Crippen molar-refractivity contribution in [3.05, 3.63) is 64.7 Å². The van der Waals surface area contributed by atoms with Crippen LogP contribution in [0.5, 0.6) is 5.75 Å². The number of piperidine rings is 1. The van der Waals surface area contributed by atoms with Gasteiger partial charge in [0.05, 0.1) is 11.5 Å². The van der Waals surface area contributed by atoms with Crippen molar-refractivity contribution < 1.29 is 9.53 Å². The third kappa shape index (κ3) is 3.79. The first-order chi connectivity index (χ1) is 13.1. The molecule has 2 aliphatic rings. The molecule has 1 heterocycles. The van der Waals surface area contributed by atoms with Crippen molar-refractivity contribution in [1.29, 1.82) is 5.26 Å². The first-order valence-corrected chi connectivity index (χ1v) is 9.71. The molecule has 0 radical (unpaired) electrons. The largest absolute Gasteiger partial charge is 0.490 e. The normalized spacial score (nSPS) is 18.6. The SMILES string of the molecule is N#CC1(c2cccc(C(=O)N3CCC(Oc4ccc(Cl)cc4)CC3)c2)CC1. The van der Waals surface area contributed by atoms with Gasteiger partial charge in [0.1, 0.15) is 11.9 Å². The van der Waals surface area contributed by atoms with E-state index in [0.717, 1.165) is 37.0 Å². The third-order valence-corrected chi connectivity index (χ3v) is 5.72. The van der Waals surface area contributed by atoms with Gasteiger partial charge in [-0.25, -0.2) is 0 Å². The van der Waals surface area contributed by atoms with Gasteiger partial charge in [-0.15, -0.1) is 0 Å². The fraction of sp³-hybridized carbons (Fsp3) is 0.364. The second kappa shape index (κ2) is 7.25. The highest BCUT2D eigenvalue weighted by Gasteiger charge is 2.45. The highest BCUT2D eigenvalue weighted by atomic mass is 35.5. The average Bonchev–Trinajstić information content (AvgIpc) is 3.51. The average molecular weight is 381 g/mol. The molecule has 0 aromatic heterocycles. The van der Waals surface area contributed by atoms with Crippen molar-refractivity contribution in [2.24, 2.45) is 0 Å². The second-order valence-corrected chi connectivity index (χ2v) is 7.77. The van der Waals surface area contributed by atoms with Crippen LogP contribution in [-0.2, 0) is 5.41 Å². The first kappa shape index (κ1) is 17.9. The van der Waals surface area contributed by atoms with Crippen LogP contribution < -0.4 is 4.74 Å². The molecule has 2 aromatic carbocycles. The Bertz CT molecular complexity index is 876.